The van der Waals surface area contributed by atoms with Crippen molar-refractivity contribution in [2.24, 2.45) is 0 Å². The first-order valence-electron chi connectivity index (χ1n) is 7.60. The van der Waals surface area contributed by atoms with Gasteiger partial charge in [-0.05, 0) is 32.8 Å². The van der Waals surface area contributed by atoms with Crippen LogP contribution < -0.4 is 10.9 Å². The van der Waals surface area contributed by atoms with Crippen molar-refractivity contribution < 1.29 is 0 Å². The van der Waals surface area contributed by atoms with E-state index in [1.807, 2.05) is 45.9 Å². The van der Waals surface area contributed by atoms with Gasteiger partial charge in [0.25, 0.3) is 5.56 Å². The van der Waals surface area contributed by atoms with Crippen LogP contribution in [-0.4, -0.2) is 19.9 Å². The van der Waals surface area contributed by atoms with Crippen LogP contribution in [0, 0.1) is 20.8 Å². The molecule has 0 spiro atoms. The normalized spacial score (nSPS) is 11.0. The molecule has 2 N–H and O–H groups in total. The molecule has 0 fully saturated rings. The van der Waals surface area contributed by atoms with E-state index < -0.39 is 0 Å². The number of anilines is 2. The Kier molecular flexibility index (Phi) is 3.82. The van der Waals surface area contributed by atoms with Gasteiger partial charge in [0, 0.05) is 16.6 Å². The summed E-state index contributed by atoms with van der Waals surface area (Å²) in [5, 5.41) is 4.03. The maximum atomic E-state index is 12.0. The number of aromatic amines is 1. The molecule has 2 aromatic heterocycles. The number of nitrogens with zero attached hydrogens (tertiary/aromatic N) is 3. The predicted molar refractivity (Wildman–Crippen MR) is 91.3 cm³/mol. The molecule has 0 aliphatic heterocycles. The molecule has 0 aliphatic rings. The van der Waals surface area contributed by atoms with Crippen molar-refractivity contribution in [3.63, 3.8) is 0 Å². The zero-order valence-corrected chi connectivity index (χ0v) is 13.7. The lowest BCUT2D eigenvalue weighted by Gasteiger charge is -2.10. The molecule has 0 radical (unpaired) electrons. The van der Waals surface area contributed by atoms with Crippen LogP contribution in [-0.2, 0) is 6.42 Å². The molecular weight excluding hydrogens is 290 g/mol. The van der Waals surface area contributed by atoms with Crippen LogP contribution in [0.1, 0.15) is 29.4 Å². The van der Waals surface area contributed by atoms with Gasteiger partial charge in [0.1, 0.15) is 0 Å². The average molecular weight is 309 g/mol. The first-order valence-corrected chi connectivity index (χ1v) is 7.60. The molecular formula is C17H19N5O. The van der Waals surface area contributed by atoms with Crippen LogP contribution in [0.3, 0.4) is 0 Å². The summed E-state index contributed by atoms with van der Waals surface area (Å²) in [6.45, 7) is 7.72. The molecule has 0 unspecified atom stereocenters. The molecule has 2 heterocycles. The van der Waals surface area contributed by atoms with Crippen molar-refractivity contribution >= 4 is 22.8 Å². The summed E-state index contributed by atoms with van der Waals surface area (Å²) in [6, 6.07) is 6.01. The largest absolute Gasteiger partial charge is 0.294 e. The van der Waals surface area contributed by atoms with Gasteiger partial charge in [-0.3, -0.25) is 15.1 Å². The van der Waals surface area contributed by atoms with Crippen molar-refractivity contribution in [3.05, 3.63) is 51.1 Å². The molecule has 0 atom stereocenters. The summed E-state index contributed by atoms with van der Waals surface area (Å²) in [7, 11) is 0. The molecule has 0 saturated heterocycles. The van der Waals surface area contributed by atoms with Gasteiger partial charge in [0.05, 0.1) is 11.2 Å². The van der Waals surface area contributed by atoms with Crippen molar-refractivity contribution in [2.75, 3.05) is 5.32 Å². The molecule has 1 aromatic carbocycles. The van der Waals surface area contributed by atoms with E-state index >= 15 is 0 Å². The number of fused-ring (bicyclic) bond motifs is 1. The maximum Gasteiger partial charge on any atom is 0.255 e. The SMILES string of the molecule is CCc1c(C)nc(Nc2nc(C)c3cccc(C)c3n2)[nH]c1=O. The van der Waals surface area contributed by atoms with Crippen LogP contribution in [0.15, 0.2) is 23.0 Å². The second kappa shape index (κ2) is 5.79. The number of para-hydroxylation sites is 1. The Morgan fingerprint density at radius 2 is 1.87 bits per heavy atom. The second-order valence-corrected chi connectivity index (χ2v) is 5.56. The number of hydrogen-bond acceptors (Lipinski definition) is 5. The Morgan fingerprint density at radius 3 is 2.57 bits per heavy atom. The molecule has 0 aliphatic carbocycles. The van der Waals surface area contributed by atoms with Crippen LogP contribution in [0.5, 0.6) is 0 Å². The molecule has 6 heteroatoms. The highest BCUT2D eigenvalue weighted by Gasteiger charge is 2.10. The van der Waals surface area contributed by atoms with Crippen molar-refractivity contribution in [1.29, 1.82) is 0 Å². The van der Waals surface area contributed by atoms with E-state index in [9.17, 15) is 4.79 Å². The highest BCUT2D eigenvalue weighted by Crippen LogP contribution is 2.21. The van der Waals surface area contributed by atoms with E-state index in [2.05, 4.69) is 25.3 Å². The summed E-state index contributed by atoms with van der Waals surface area (Å²) < 4.78 is 0. The van der Waals surface area contributed by atoms with Gasteiger partial charge < -0.3 is 0 Å². The van der Waals surface area contributed by atoms with E-state index in [-0.39, 0.29) is 5.56 Å². The quantitative estimate of drug-likeness (QED) is 0.777. The molecule has 0 saturated carbocycles. The summed E-state index contributed by atoms with van der Waals surface area (Å²) in [5.41, 5.74) is 4.14. The average Bonchev–Trinajstić information content (AvgIpc) is 2.48. The zero-order valence-electron chi connectivity index (χ0n) is 13.7. The summed E-state index contributed by atoms with van der Waals surface area (Å²) in [6.07, 6.45) is 0.652. The minimum atomic E-state index is -0.129. The molecule has 0 bridgehead atoms. The number of benzene rings is 1. The Bertz CT molecular complexity index is 946. The minimum absolute atomic E-state index is 0.129. The zero-order chi connectivity index (χ0) is 16.6. The third-order valence-corrected chi connectivity index (χ3v) is 3.92. The lowest BCUT2D eigenvalue weighted by atomic mass is 10.1. The number of hydrogen-bond donors (Lipinski definition) is 2. The number of aryl methyl sites for hydroxylation is 3. The minimum Gasteiger partial charge on any atom is -0.294 e. The first-order chi connectivity index (χ1) is 11.0. The van der Waals surface area contributed by atoms with Gasteiger partial charge in [-0.1, -0.05) is 25.1 Å². The number of rotatable bonds is 3. The molecule has 3 rings (SSSR count). The standard InChI is InChI=1S/C17H19N5O/c1-5-12-10(3)18-17(21-15(12)23)22-16-19-11(4)13-8-6-7-9(2)14(13)20-16/h6-8H,5H2,1-4H3,(H2,18,19,20,21,22,23). The molecule has 3 aromatic rings. The van der Waals surface area contributed by atoms with E-state index in [1.165, 1.54) is 0 Å². The second-order valence-electron chi connectivity index (χ2n) is 5.56. The molecule has 118 valence electrons. The highest BCUT2D eigenvalue weighted by molar-refractivity contribution is 5.84. The lowest BCUT2D eigenvalue weighted by molar-refractivity contribution is 0.961. The first kappa shape index (κ1) is 15.1. The van der Waals surface area contributed by atoms with E-state index in [1.54, 1.807) is 0 Å². The smallest absolute Gasteiger partial charge is 0.255 e. The fourth-order valence-electron chi connectivity index (χ4n) is 2.70. The van der Waals surface area contributed by atoms with Crippen molar-refractivity contribution in [2.45, 2.75) is 34.1 Å². The summed E-state index contributed by atoms with van der Waals surface area (Å²) in [4.78, 5) is 28.2. The monoisotopic (exact) mass is 309 g/mol. The van der Waals surface area contributed by atoms with Crippen LogP contribution in [0.25, 0.3) is 10.9 Å². The Morgan fingerprint density at radius 1 is 1.09 bits per heavy atom. The van der Waals surface area contributed by atoms with Gasteiger partial charge in [0.15, 0.2) is 0 Å². The fraction of sp³-hybridized carbons (Fsp3) is 0.294. The van der Waals surface area contributed by atoms with E-state index in [0.717, 1.165) is 22.2 Å². The summed E-state index contributed by atoms with van der Waals surface area (Å²) >= 11 is 0. The Hall–Kier alpha value is -2.76. The Balaban J connectivity index is 2.05. The summed E-state index contributed by atoms with van der Waals surface area (Å²) in [5.74, 6) is 0.785. The van der Waals surface area contributed by atoms with Crippen LogP contribution >= 0.6 is 0 Å². The van der Waals surface area contributed by atoms with Gasteiger partial charge in [0.2, 0.25) is 11.9 Å². The van der Waals surface area contributed by atoms with Gasteiger partial charge in [-0.15, -0.1) is 0 Å². The van der Waals surface area contributed by atoms with Crippen molar-refractivity contribution in [3.8, 4) is 0 Å². The highest BCUT2D eigenvalue weighted by atomic mass is 16.1. The van der Waals surface area contributed by atoms with Crippen molar-refractivity contribution in [1.82, 2.24) is 19.9 Å². The topological polar surface area (TPSA) is 83.6 Å². The van der Waals surface area contributed by atoms with Gasteiger partial charge >= 0.3 is 0 Å². The van der Waals surface area contributed by atoms with Crippen LogP contribution in [0.4, 0.5) is 11.9 Å². The number of H-pyrrole nitrogens is 1. The molecule has 6 nitrogen and oxygen atoms in total. The Labute approximate surface area is 134 Å². The third-order valence-electron chi connectivity index (χ3n) is 3.92. The molecule has 23 heavy (non-hydrogen) atoms. The number of aromatic nitrogens is 4. The van der Waals surface area contributed by atoms with E-state index in [4.69, 9.17) is 0 Å². The maximum absolute atomic E-state index is 12.0. The lowest BCUT2D eigenvalue weighted by Crippen LogP contribution is -2.18. The fourth-order valence-corrected chi connectivity index (χ4v) is 2.70. The number of nitrogens with one attached hydrogen (secondary N) is 2. The predicted octanol–water partition coefficient (Wildman–Crippen LogP) is 2.94. The van der Waals surface area contributed by atoms with E-state index in [0.29, 0.717) is 29.6 Å². The molecule has 0 amide bonds. The van der Waals surface area contributed by atoms with Crippen LogP contribution in [0.2, 0.25) is 0 Å². The van der Waals surface area contributed by atoms with Gasteiger partial charge in [-0.25, -0.2) is 15.0 Å². The van der Waals surface area contributed by atoms with Gasteiger partial charge in [-0.2, -0.15) is 0 Å². The third kappa shape index (κ3) is 2.79.